The number of sulfonamides is 1. The largest absolute Gasteiger partial charge is 0.495 e. The molecule has 0 aliphatic rings. The summed E-state index contributed by atoms with van der Waals surface area (Å²) < 4.78 is 30.7. The molecule has 0 aliphatic heterocycles. The van der Waals surface area contributed by atoms with Crippen molar-refractivity contribution in [3.05, 3.63) is 18.2 Å². The van der Waals surface area contributed by atoms with Crippen LogP contribution >= 0.6 is 0 Å². The normalized spacial score (nSPS) is 11.4. The molecule has 0 spiro atoms. The van der Waals surface area contributed by atoms with Gasteiger partial charge in [-0.15, -0.1) is 0 Å². The number of carbonyl (C=O) groups excluding carboxylic acids is 1. The summed E-state index contributed by atoms with van der Waals surface area (Å²) in [7, 11) is -0.973. The summed E-state index contributed by atoms with van der Waals surface area (Å²) in [5.74, 6) is 0.0571. The monoisotopic (exact) mass is 315 g/mol. The smallest absolute Gasteiger partial charge is 0.243 e. The van der Waals surface area contributed by atoms with Crippen LogP contribution < -0.4 is 15.8 Å². The number of anilines is 1. The first-order valence-electron chi connectivity index (χ1n) is 6.49. The second-order valence-corrected chi connectivity index (χ2v) is 6.56. The molecule has 0 unspecified atom stereocenters. The number of nitrogen functional groups attached to an aromatic ring is 1. The predicted molar refractivity (Wildman–Crippen MR) is 80.5 cm³/mol. The molecule has 3 N–H and O–H groups in total. The van der Waals surface area contributed by atoms with Crippen molar-refractivity contribution < 1.29 is 17.9 Å². The molecule has 1 aromatic carbocycles. The SMILES string of the molecule is CCCNC(=O)CN(C)S(=O)(=O)c1ccc(OC)c(N)c1. The topological polar surface area (TPSA) is 102 Å². The first-order chi connectivity index (χ1) is 9.82. The van der Waals surface area contributed by atoms with E-state index in [-0.39, 0.29) is 23.0 Å². The van der Waals surface area contributed by atoms with E-state index in [4.69, 9.17) is 10.5 Å². The lowest BCUT2D eigenvalue weighted by molar-refractivity contribution is -0.121. The number of nitrogens with zero attached hydrogens (tertiary/aromatic N) is 1. The fourth-order valence-electron chi connectivity index (χ4n) is 1.66. The third-order valence-electron chi connectivity index (χ3n) is 2.85. The van der Waals surface area contributed by atoms with Crippen LogP contribution in [-0.4, -0.2) is 45.9 Å². The van der Waals surface area contributed by atoms with Gasteiger partial charge in [0.25, 0.3) is 0 Å². The van der Waals surface area contributed by atoms with E-state index in [0.717, 1.165) is 10.7 Å². The molecule has 118 valence electrons. The van der Waals surface area contributed by atoms with Gasteiger partial charge in [0.2, 0.25) is 15.9 Å². The van der Waals surface area contributed by atoms with Gasteiger partial charge >= 0.3 is 0 Å². The van der Waals surface area contributed by atoms with Crippen LogP contribution in [0.3, 0.4) is 0 Å². The van der Waals surface area contributed by atoms with Gasteiger partial charge in [-0.2, -0.15) is 4.31 Å². The molecule has 1 aromatic rings. The van der Waals surface area contributed by atoms with Gasteiger partial charge in [-0.1, -0.05) is 6.92 Å². The lowest BCUT2D eigenvalue weighted by atomic mass is 10.3. The number of rotatable bonds is 7. The van der Waals surface area contributed by atoms with Crippen LogP contribution in [0.25, 0.3) is 0 Å². The number of hydrogen-bond acceptors (Lipinski definition) is 5. The summed E-state index contributed by atoms with van der Waals surface area (Å²) in [4.78, 5) is 11.6. The summed E-state index contributed by atoms with van der Waals surface area (Å²) in [6, 6.07) is 4.19. The van der Waals surface area contributed by atoms with Crippen LogP contribution in [0, 0.1) is 0 Å². The molecule has 0 aliphatic carbocycles. The molecule has 7 nitrogen and oxygen atoms in total. The second kappa shape index (κ2) is 7.28. The molecular weight excluding hydrogens is 294 g/mol. The Labute approximate surface area is 125 Å². The predicted octanol–water partition coefficient (Wildman–Crippen LogP) is 0.424. The first-order valence-corrected chi connectivity index (χ1v) is 7.93. The summed E-state index contributed by atoms with van der Waals surface area (Å²) in [6.45, 7) is 2.19. The van der Waals surface area contributed by atoms with E-state index in [0.29, 0.717) is 12.3 Å². The first kappa shape index (κ1) is 17.3. The molecule has 0 bridgehead atoms. The Morgan fingerprint density at radius 1 is 1.43 bits per heavy atom. The highest BCUT2D eigenvalue weighted by Crippen LogP contribution is 2.25. The molecule has 0 radical (unpaired) electrons. The van der Waals surface area contributed by atoms with Crippen LogP contribution in [-0.2, 0) is 14.8 Å². The van der Waals surface area contributed by atoms with Gasteiger partial charge < -0.3 is 15.8 Å². The number of methoxy groups -OCH3 is 1. The number of amides is 1. The lowest BCUT2D eigenvalue weighted by Gasteiger charge is -2.17. The van der Waals surface area contributed by atoms with Crippen LogP contribution in [0.5, 0.6) is 5.75 Å². The van der Waals surface area contributed by atoms with Gasteiger partial charge in [0.1, 0.15) is 5.75 Å². The highest BCUT2D eigenvalue weighted by atomic mass is 32.2. The summed E-state index contributed by atoms with van der Waals surface area (Å²) >= 11 is 0. The Hall–Kier alpha value is -1.80. The molecule has 21 heavy (non-hydrogen) atoms. The number of ether oxygens (including phenoxy) is 1. The molecule has 0 aromatic heterocycles. The molecule has 0 atom stereocenters. The van der Waals surface area contributed by atoms with Gasteiger partial charge in [-0.25, -0.2) is 8.42 Å². The minimum absolute atomic E-state index is 0.0200. The highest BCUT2D eigenvalue weighted by molar-refractivity contribution is 7.89. The van der Waals surface area contributed by atoms with Crippen LogP contribution in [0.15, 0.2) is 23.1 Å². The lowest BCUT2D eigenvalue weighted by Crippen LogP contribution is -2.38. The zero-order valence-electron chi connectivity index (χ0n) is 12.4. The maximum absolute atomic E-state index is 12.3. The maximum atomic E-state index is 12.3. The Balaban J connectivity index is 2.89. The Bertz CT molecular complexity index is 601. The van der Waals surface area contributed by atoms with Crippen molar-refractivity contribution in [2.75, 3.05) is 33.0 Å². The Morgan fingerprint density at radius 2 is 2.10 bits per heavy atom. The van der Waals surface area contributed by atoms with Gasteiger partial charge in [0, 0.05) is 13.6 Å². The molecule has 0 fully saturated rings. The van der Waals surface area contributed by atoms with Crippen molar-refractivity contribution in [2.24, 2.45) is 0 Å². The fraction of sp³-hybridized carbons (Fsp3) is 0.462. The van der Waals surface area contributed by atoms with Crippen molar-refractivity contribution in [2.45, 2.75) is 18.2 Å². The van der Waals surface area contributed by atoms with E-state index < -0.39 is 10.0 Å². The van der Waals surface area contributed by atoms with Crippen molar-refractivity contribution in [3.8, 4) is 5.75 Å². The van der Waals surface area contributed by atoms with Gasteiger partial charge in [-0.3, -0.25) is 4.79 Å². The minimum atomic E-state index is -3.77. The van der Waals surface area contributed by atoms with Gasteiger partial charge in [0.05, 0.1) is 24.2 Å². The summed E-state index contributed by atoms with van der Waals surface area (Å²) in [5, 5.41) is 2.63. The number of nitrogens with one attached hydrogen (secondary N) is 1. The number of likely N-dealkylation sites (N-methyl/N-ethyl adjacent to an activating group) is 1. The molecule has 8 heteroatoms. The number of nitrogens with two attached hydrogens (primary N) is 1. The van der Waals surface area contributed by atoms with Crippen molar-refractivity contribution >= 4 is 21.6 Å². The Morgan fingerprint density at radius 3 is 2.62 bits per heavy atom. The van der Waals surface area contributed by atoms with E-state index >= 15 is 0 Å². The van der Waals surface area contributed by atoms with Crippen molar-refractivity contribution in [1.82, 2.24) is 9.62 Å². The van der Waals surface area contributed by atoms with Crippen molar-refractivity contribution in [1.29, 1.82) is 0 Å². The average molecular weight is 315 g/mol. The molecule has 0 saturated carbocycles. The number of carbonyl (C=O) groups is 1. The van der Waals surface area contributed by atoms with E-state index in [2.05, 4.69) is 5.32 Å². The molecule has 1 amide bonds. The standard InChI is InChI=1S/C13H21N3O4S/c1-4-7-15-13(17)9-16(2)21(18,19)10-5-6-12(20-3)11(14)8-10/h5-6,8H,4,7,9,14H2,1-3H3,(H,15,17). The number of benzene rings is 1. The molecule has 1 rings (SSSR count). The average Bonchev–Trinajstić information content (AvgIpc) is 2.44. The zero-order valence-corrected chi connectivity index (χ0v) is 13.2. The fourth-order valence-corrected chi connectivity index (χ4v) is 2.82. The van der Waals surface area contributed by atoms with E-state index in [1.54, 1.807) is 0 Å². The van der Waals surface area contributed by atoms with Gasteiger partial charge in [0.15, 0.2) is 0 Å². The minimum Gasteiger partial charge on any atom is -0.495 e. The van der Waals surface area contributed by atoms with E-state index in [1.165, 1.54) is 32.4 Å². The zero-order chi connectivity index (χ0) is 16.0. The maximum Gasteiger partial charge on any atom is 0.243 e. The molecule has 0 heterocycles. The van der Waals surface area contributed by atoms with Crippen LogP contribution in [0.1, 0.15) is 13.3 Å². The summed E-state index contributed by atoms with van der Waals surface area (Å²) in [5.41, 5.74) is 5.93. The Kier molecular flexibility index (Phi) is 5.98. The van der Waals surface area contributed by atoms with Crippen LogP contribution in [0.4, 0.5) is 5.69 Å². The highest BCUT2D eigenvalue weighted by Gasteiger charge is 2.23. The molecular formula is C13H21N3O4S. The van der Waals surface area contributed by atoms with Gasteiger partial charge in [-0.05, 0) is 24.6 Å². The quantitative estimate of drug-likeness (QED) is 0.710. The third-order valence-corrected chi connectivity index (χ3v) is 4.65. The second-order valence-electron chi connectivity index (χ2n) is 4.51. The summed E-state index contributed by atoms with van der Waals surface area (Å²) in [6.07, 6.45) is 0.789. The molecule has 0 saturated heterocycles. The number of hydrogen-bond donors (Lipinski definition) is 2. The van der Waals surface area contributed by atoms with Crippen LogP contribution in [0.2, 0.25) is 0 Å². The van der Waals surface area contributed by atoms with E-state index in [9.17, 15) is 13.2 Å². The van der Waals surface area contributed by atoms with E-state index in [1.807, 2.05) is 6.92 Å². The van der Waals surface area contributed by atoms with Crippen molar-refractivity contribution in [3.63, 3.8) is 0 Å². The third kappa shape index (κ3) is 4.33.